The molecular weight excluding hydrogens is 428 g/mol. The molecule has 2 atom stereocenters. The first-order valence-electron chi connectivity index (χ1n) is 12.2. The summed E-state index contributed by atoms with van der Waals surface area (Å²) < 4.78 is 7.66. The zero-order valence-corrected chi connectivity index (χ0v) is 19.9. The fourth-order valence-electron chi connectivity index (χ4n) is 4.95. The van der Waals surface area contributed by atoms with Crippen molar-refractivity contribution in [3.8, 4) is 0 Å². The zero-order chi connectivity index (χ0) is 23.7. The molecule has 178 valence electrons. The smallest absolute Gasteiger partial charge is 0.261 e. The van der Waals surface area contributed by atoms with Gasteiger partial charge in [0.15, 0.2) is 0 Å². The van der Waals surface area contributed by atoms with E-state index in [1.165, 1.54) is 0 Å². The van der Waals surface area contributed by atoms with E-state index in [1.807, 2.05) is 47.0 Å². The van der Waals surface area contributed by atoms with Crippen molar-refractivity contribution in [2.45, 2.75) is 64.3 Å². The number of hydrogen-bond acceptors (Lipinski definition) is 5. The Hall–Kier alpha value is -3.03. The summed E-state index contributed by atoms with van der Waals surface area (Å²) in [5.74, 6) is 0.631. The number of carbonyl (C=O) groups excluding carboxylic acids is 1. The molecule has 2 aromatic carbocycles. The molecule has 1 amide bonds. The number of carbonyl (C=O) groups is 1. The lowest BCUT2D eigenvalue weighted by Crippen LogP contribution is -2.44. The number of nitrogens with zero attached hydrogens (tertiary/aromatic N) is 3. The first kappa shape index (κ1) is 22.7. The average molecular weight is 461 g/mol. The molecular formula is C27H32N4O3. The molecule has 2 aliphatic rings. The van der Waals surface area contributed by atoms with E-state index in [0.29, 0.717) is 23.1 Å². The van der Waals surface area contributed by atoms with E-state index in [4.69, 9.17) is 9.72 Å². The normalized spacial score (nSPS) is 21.0. The molecule has 1 aliphatic heterocycles. The van der Waals surface area contributed by atoms with Crippen LogP contribution in [0.15, 0.2) is 53.3 Å². The number of para-hydroxylation sites is 2. The highest BCUT2D eigenvalue weighted by molar-refractivity contribution is 5.91. The summed E-state index contributed by atoms with van der Waals surface area (Å²) in [6.07, 6.45) is 3.09. The fourth-order valence-corrected chi connectivity index (χ4v) is 4.95. The van der Waals surface area contributed by atoms with Gasteiger partial charge in [-0.15, -0.1) is 0 Å². The first-order chi connectivity index (χ1) is 16.5. The second kappa shape index (κ2) is 9.68. The van der Waals surface area contributed by atoms with Crippen LogP contribution in [0.25, 0.3) is 10.9 Å². The molecule has 1 saturated heterocycles. The maximum absolute atomic E-state index is 13.1. The molecule has 5 rings (SSSR count). The van der Waals surface area contributed by atoms with E-state index in [1.54, 1.807) is 0 Å². The fraction of sp³-hybridized carbons (Fsp3) is 0.444. The molecule has 3 aromatic rings. The second-order valence-corrected chi connectivity index (χ2v) is 9.61. The molecule has 0 bridgehead atoms. The highest BCUT2D eigenvalue weighted by atomic mass is 16.5. The molecule has 1 aromatic heterocycles. The van der Waals surface area contributed by atoms with Gasteiger partial charge in [-0.2, -0.15) is 0 Å². The van der Waals surface area contributed by atoms with E-state index < -0.39 is 0 Å². The van der Waals surface area contributed by atoms with Gasteiger partial charge < -0.3 is 10.1 Å². The largest absolute Gasteiger partial charge is 0.373 e. The number of hydrogen-bond donors (Lipinski definition) is 1. The lowest BCUT2D eigenvalue weighted by atomic mass is 10.1. The van der Waals surface area contributed by atoms with Crippen molar-refractivity contribution in [2.75, 3.05) is 18.4 Å². The number of benzene rings is 2. The van der Waals surface area contributed by atoms with Crippen molar-refractivity contribution in [1.82, 2.24) is 14.5 Å². The quantitative estimate of drug-likeness (QED) is 0.579. The summed E-state index contributed by atoms with van der Waals surface area (Å²) in [4.78, 5) is 33.1. The Morgan fingerprint density at radius 3 is 2.53 bits per heavy atom. The number of aromatic nitrogens is 2. The Kier molecular flexibility index (Phi) is 6.48. The molecule has 7 nitrogen and oxygen atoms in total. The summed E-state index contributed by atoms with van der Waals surface area (Å²) in [5, 5.41) is 3.74. The minimum Gasteiger partial charge on any atom is -0.373 e. The molecule has 1 aliphatic carbocycles. The summed E-state index contributed by atoms with van der Waals surface area (Å²) >= 11 is 0. The van der Waals surface area contributed by atoms with Crippen LogP contribution in [0.3, 0.4) is 0 Å². The Bertz CT molecular complexity index is 1240. The first-order valence-corrected chi connectivity index (χ1v) is 12.2. The zero-order valence-electron chi connectivity index (χ0n) is 19.9. The number of aryl methyl sites for hydroxylation is 1. The van der Waals surface area contributed by atoms with Crippen LogP contribution in [0.4, 0.5) is 5.69 Å². The lowest BCUT2D eigenvalue weighted by molar-refractivity contribution is -0.116. The van der Waals surface area contributed by atoms with Crippen molar-refractivity contribution in [3.05, 3.63) is 70.3 Å². The lowest BCUT2D eigenvalue weighted by Gasteiger charge is -2.35. The highest BCUT2D eigenvalue weighted by Crippen LogP contribution is 2.35. The van der Waals surface area contributed by atoms with Crippen molar-refractivity contribution in [3.63, 3.8) is 0 Å². The minimum absolute atomic E-state index is 0.00261. The van der Waals surface area contributed by atoms with Crippen LogP contribution in [-0.4, -0.2) is 45.7 Å². The van der Waals surface area contributed by atoms with Crippen LogP contribution < -0.4 is 10.9 Å². The third kappa shape index (κ3) is 5.05. The van der Waals surface area contributed by atoms with Gasteiger partial charge in [0, 0.05) is 44.2 Å². The minimum atomic E-state index is -0.0686. The Labute approximate surface area is 199 Å². The number of morpholine rings is 1. The number of amides is 1. The Morgan fingerprint density at radius 1 is 1.06 bits per heavy atom. The van der Waals surface area contributed by atoms with Crippen molar-refractivity contribution >= 4 is 22.5 Å². The van der Waals surface area contributed by atoms with Gasteiger partial charge in [-0.05, 0) is 50.5 Å². The van der Waals surface area contributed by atoms with Crippen LogP contribution >= 0.6 is 0 Å². The molecule has 7 heteroatoms. The predicted molar refractivity (Wildman–Crippen MR) is 133 cm³/mol. The molecule has 2 heterocycles. The highest BCUT2D eigenvalue weighted by Gasteiger charge is 2.28. The molecule has 0 spiro atoms. The van der Waals surface area contributed by atoms with Crippen LogP contribution in [0, 0.1) is 0 Å². The van der Waals surface area contributed by atoms with Gasteiger partial charge in [0.25, 0.3) is 5.56 Å². The van der Waals surface area contributed by atoms with E-state index in [-0.39, 0.29) is 36.1 Å². The van der Waals surface area contributed by atoms with Crippen molar-refractivity contribution < 1.29 is 9.53 Å². The van der Waals surface area contributed by atoms with Crippen LogP contribution in [0.1, 0.15) is 50.5 Å². The topological polar surface area (TPSA) is 76.5 Å². The Morgan fingerprint density at radius 2 is 1.76 bits per heavy atom. The molecule has 34 heavy (non-hydrogen) atoms. The molecule has 2 unspecified atom stereocenters. The van der Waals surface area contributed by atoms with Crippen LogP contribution in [-0.2, 0) is 22.5 Å². The van der Waals surface area contributed by atoms with Gasteiger partial charge in [0.1, 0.15) is 5.82 Å². The van der Waals surface area contributed by atoms with E-state index >= 15 is 0 Å². The number of nitrogens with one attached hydrogen (secondary N) is 1. The number of rotatable bonds is 7. The van der Waals surface area contributed by atoms with Gasteiger partial charge in [-0.3, -0.25) is 19.1 Å². The summed E-state index contributed by atoms with van der Waals surface area (Å²) in [5.41, 5.74) is 2.63. The SMILES string of the molecule is CC1CN(Cc2ccccc2NC(=O)CCc2nc3ccccc3c(=O)n2C2CC2)CC(C)O1. The second-order valence-electron chi connectivity index (χ2n) is 9.61. The summed E-state index contributed by atoms with van der Waals surface area (Å²) in [6.45, 7) is 6.70. The Balaban J connectivity index is 1.28. The third-order valence-electron chi connectivity index (χ3n) is 6.55. The van der Waals surface area contributed by atoms with E-state index in [9.17, 15) is 9.59 Å². The molecule has 1 N–H and O–H groups in total. The summed E-state index contributed by atoms with van der Waals surface area (Å²) in [7, 11) is 0. The average Bonchev–Trinajstić information content (AvgIpc) is 3.63. The van der Waals surface area contributed by atoms with Crippen LogP contribution in [0.5, 0.6) is 0 Å². The number of fused-ring (bicyclic) bond motifs is 1. The molecule has 2 fully saturated rings. The predicted octanol–water partition coefficient (Wildman–Crippen LogP) is 3.91. The number of ether oxygens (including phenoxy) is 1. The maximum atomic E-state index is 13.1. The van der Waals surface area contributed by atoms with Gasteiger partial charge in [-0.1, -0.05) is 30.3 Å². The molecule has 0 radical (unpaired) electrons. The monoisotopic (exact) mass is 460 g/mol. The summed E-state index contributed by atoms with van der Waals surface area (Å²) in [6, 6.07) is 15.6. The van der Waals surface area contributed by atoms with Gasteiger partial charge in [0.05, 0.1) is 23.1 Å². The maximum Gasteiger partial charge on any atom is 0.261 e. The molecule has 1 saturated carbocycles. The van der Waals surface area contributed by atoms with Crippen LogP contribution in [0.2, 0.25) is 0 Å². The number of anilines is 1. The standard InChI is InChI=1S/C27H32N4O3/c1-18-15-30(16-19(2)34-18)17-20-7-3-5-9-23(20)29-26(32)14-13-25-28-24-10-6-4-8-22(24)27(33)31(25)21-11-12-21/h3-10,18-19,21H,11-17H2,1-2H3,(H,29,32). The van der Waals surface area contributed by atoms with Crippen molar-refractivity contribution in [2.24, 2.45) is 0 Å². The van der Waals surface area contributed by atoms with Crippen molar-refractivity contribution in [1.29, 1.82) is 0 Å². The van der Waals surface area contributed by atoms with Gasteiger partial charge in [0.2, 0.25) is 5.91 Å². The van der Waals surface area contributed by atoms with Gasteiger partial charge in [-0.25, -0.2) is 4.98 Å². The van der Waals surface area contributed by atoms with E-state index in [0.717, 1.165) is 43.7 Å². The third-order valence-corrected chi connectivity index (χ3v) is 6.55. The van der Waals surface area contributed by atoms with Gasteiger partial charge >= 0.3 is 0 Å². The van der Waals surface area contributed by atoms with E-state index in [2.05, 4.69) is 30.1 Å².